The Kier molecular flexibility index (Phi) is 6.36. The van der Waals surface area contributed by atoms with E-state index in [9.17, 15) is 19.7 Å². The Morgan fingerprint density at radius 3 is 2.31 bits per heavy atom. The van der Waals surface area contributed by atoms with Crippen molar-refractivity contribution in [1.82, 2.24) is 9.80 Å². The zero-order chi connectivity index (χ0) is 22.7. The van der Waals surface area contributed by atoms with Gasteiger partial charge in [-0.2, -0.15) is 0 Å². The van der Waals surface area contributed by atoms with Gasteiger partial charge >= 0.3 is 6.03 Å². The van der Waals surface area contributed by atoms with Crippen LogP contribution in [0.25, 0.3) is 0 Å². The largest absolute Gasteiger partial charge is 0.324 e. The van der Waals surface area contributed by atoms with Gasteiger partial charge in [-0.3, -0.25) is 14.9 Å². The molecule has 2 heterocycles. The van der Waals surface area contributed by atoms with E-state index in [1.54, 1.807) is 16.7 Å². The molecule has 0 unspecified atom stereocenters. The van der Waals surface area contributed by atoms with E-state index in [2.05, 4.69) is 12.2 Å². The quantitative estimate of drug-likeness (QED) is 0.547. The average molecular weight is 455 g/mol. The van der Waals surface area contributed by atoms with Crippen LogP contribution < -0.4 is 5.32 Å². The van der Waals surface area contributed by atoms with Gasteiger partial charge < -0.3 is 15.1 Å². The lowest BCUT2D eigenvalue weighted by molar-refractivity contribution is -0.384. The van der Waals surface area contributed by atoms with Gasteiger partial charge in [-0.05, 0) is 49.1 Å². The van der Waals surface area contributed by atoms with Gasteiger partial charge in [-0.25, -0.2) is 4.79 Å². The summed E-state index contributed by atoms with van der Waals surface area (Å²) in [5.41, 5.74) is 2.42. The number of benzene rings is 2. The summed E-state index contributed by atoms with van der Waals surface area (Å²) in [6, 6.07) is 13.5. The first-order valence-corrected chi connectivity index (χ1v) is 11.8. The highest BCUT2D eigenvalue weighted by Gasteiger charge is 2.47. The molecule has 0 atom stereocenters. The van der Waals surface area contributed by atoms with E-state index in [1.807, 2.05) is 29.2 Å². The Labute approximate surface area is 191 Å². The highest BCUT2D eigenvalue weighted by atomic mass is 32.2. The summed E-state index contributed by atoms with van der Waals surface area (Å²) in [5, 5.41) is 13.8. The Balaban J connectivity index is 1.39. The van der Waals surface area contributed by atoms with Crippen molar-refractivity contribution in [2.75, 3.05) is 30.7 Å². The maximum atomic E-state index is 13.2. The van der Waals surface area contributed by atoms with Crippen LogP contribution >= 0.6 is 11.8 Å². The number of amides is 3. The molecular weight excluding hydrogens is 428 g/mol. The first kappa shape index (κ1) is 22.1. The van der Waals surface area contributed by atoms with Crippen molar-refractivity contribution in [2.24, 2.45) is 0 Å². The minimum Gasteiger partial charge on any atom is -0.324 e. The summed E-state index contributed by atoms with van der Waals surface area (Å²) in [4.78, 5) is 39.6. The standard InChI is InChI=1S/C23H26N4O4S/c1-2-17-3-7-19(8-4-17)24-22(29)25-13-11-23(12-14-25)26(15-16-32-23)21(28)18-5-9-20(10-6-18)27(30)31/h3-10H,2,11-16H2,1H3,(H,24,29). The molecule has 2 saturated heterocycles. The Bertz CT molecular complexity index is 1000. The SMILES string of the molecule is CCc1ccc(NC(=O)N2CCC3(CC2)SCCN3C(=O)c2ccc([N+](=O)[O-])cc2)cc1. The molecule has 9 heteroatoms. The van der Waals surface area contributed by atoms with Gasteiger partial charge in [0.1, 0.15) is 0 Å². The molecule has 0 aliphatic carbocycles. The number of likely N-dealkylation sites (tertiary alicyclic amines) is 1. The molecule has 0 saturated carbocycles. The van der Waals surface area contributed by atoms with Crippen LogP contribution in [-0.4, -0.2) is 56.9 Å². The number of nitro benzene ring substituents is 1. The van der Waals surface area contributed by atoms with Crippen molar-refractivity contribution < 1.29 is 14.5 Å². The molecule has 2 aliphatic heterocycles. The van der Waals surface area contributed by atoms with Crippen LogP contribution in [0.15, 0.2) is 48.5 Å². The molecule has 1 spiro atoms. The number of rotatable bonds is 4. The minimum absolute atomic E-state index is 0.0317. The second-order valence-corrected chi connectivity index (χ2v) is 9.48. The summed E-state index contributed by atoms with van der Waals surface area (Å²) >= 11 is 1.77. The minimum atomic E-state index is -0.472. The molecule has 2 aromatic carbocycles. The van der Waals surface area contributed by atoms with Crippen LogP contribution in [0.3, 0.4) is 0 Å². The summed E-state index contributed by atoms with van der Waals surface area (Å²) in [6.45, 7) is 3.86. The van der Waals surface area contributed by atoms with E-state index in [0.29, 0.717) is 38.0 Å². The molecular formula is C23H26N4O4S. The van der Waals surface area contributed by atoms with Gasteiger partial charge in [-0.1, -0.05) is 19.1 Å². The maximum Gasteiger partial charge on any atom is 0.321 e. The van der Waals surface area contributed by atoms with E-state index in [4.69, 9.17) is 0 Å². The number of carbonyl (C=O) groups excluding carboxylic acids is 2. The highest BCUT2D eigenvalue weighted by molar-refractivity contribution is 8.00. The van der Waals surface area contributed by atoms with E-state index in [0.717, 1.165) is 17.9 Å². The molecule has 4 rings (SSSR count). The van der Waals surface area contributed by atoms with Crippen LogP contribution in [0.1, 0.15) is 35.7 Å². The fraction of sp³-hybridized carbons (Fsp3) is 0.391. The lowest BCUT2D eigenvalue weighted by atomic mass is 10.0. The number of hydrogen-bond donors (Lipinski definition) is 1. The number of anilines is 1. The number of nitro groups is 1. The monoisotopic (exact) mass is 454 g/mol. The second-order valence-electron chi connectivity index (χ2n) is 8.02. The van der Waals surface area contributed by atoms with Crippen LogP contribution in [-0.2, 0) is 6.42 Å². The van der Waals surface area contributed by atoms with Crippen LogP contribution in [0.5, 0.6) is 0 Å². The fourth-order valence-electron chi connectivity index (χ4n) is 4.28. The predicted molar refractivity (Wildman–Crippen MR) is 125 cm³/mol. The number of nitrogens with zero attached hydrogens (tertiary/aromatic N) is 3. The van der Waals surface area contributed by atoms with Crippen molar-refractivity contribution in [1.29, 1.82) is 0 Å². The van der Waals surface area contributed by atoms with Gasteiger partial charge in [0.15, 0.2) is 0 Å². The summed E-state index contributed by atoms with van der Waals surface area (Å²) in [5.74, 6) is 0.730. The van der Waals surface area contributed by atoms with Gasteiger partial charge in [0.05, 0.1) is 9.79 Å². The Morgan fingerprint density at radius 1 is 1.06 bits per heavy atom. The van der Waals surface area contributed by atoms with E-state index < -0.39 is 4.92 Å². The predicted octanol–water partition coefficient (Wildman–Crippen LogP) is 4.37. The third kappa shape index (κ3) is 4.43. The number of carbonyl (C=O) groups is 2. The lowest BCUT2D eigenvalue weighted by Crippen LogP contribution is -2.54. The fourth-order valence-corrected chi connectivity index (χ4v) is 5.73. The molecule has 8 nitrogen and oxygen atoms in total. The molecule has 2 aromatic rings. The first-order valence-electron chi connectivity index (χ1n) is 10.8. The maximum absolute atomic E-state index is 13.2. The summed E-state index contributed by atoms with van der Waals surface area (Å²) in [6.07, 6.45) is 2.34. The molecule has 2 aliphatic rings. The number of piperidine rings is 1. The van der Waals surface area contributed by atoms with Crippen molar-refractivity contribution >= 4 is 35.1 Å². The highest BCUT2D eigenvalue weighted by Crippen LogP contribution is 2.44. The second kappa shape index (κ2) is 9.20. The number of urea groups is 1. The molecule has 168 valence electrons. The summed E-state index contributed by atoms with van der Waals surface area (Å²) in [7, 11) is 0. The van der Waals surface area contributed by atoms with Crippen LogP contribution in [0, 0.1) is 10.1 Å². The third-order valence-corrected chi connectivity index (χ3v) is 7.75. The normalized spacial score (nSPS) is 17.4. The smallest absolute Gasteiger partial charge is 0.321 e. The first-order chi connectivity index (χ1) is 15.4. The number of nitrogens with one attached hydrogen (secondary N) is 1. The Morgan fingerprint density at radius 2 is 1.72 bits per heavy atom. The zero-order valence-corrected chi connectivity index (χ0v) is 18.8. The van der Waals surface area contributed by atoms with Crippen molar-refractivity contribution in [3.63, 3.8) is 0 Å². The van der Waals surface area contributed by atoms with Gasteiger partial charge in [-0.15, -0.1) is 11.8 Å². The van der Waals surface area contributed by atoms with Crippen molar-refractivity contribution in [3.8, 4) is 0 Å². The van der Waals surface area contributed by atoms with Crippen LogP contribution in [0.2, 0.25) is 0 Å². The lowest BCUT2D eigenvalue weighted by Gasteiger charge is -2.44. The number of hydrogen-bond acceptors (Lipinski definition) is 5. The van der Waals surface area contributed by atoms with Gasteiger partial charge in [0, 0.05) is 48.8 Å². The molecule has 2 fully saturated rings. The zero-order valence-electron chi connectivity index (χ0n) is 18.0. The van der Waals surface area contributed by atoms with Gasteiger partial charge in [0.25, 0.3) is 11.6 Å². The number of non-ortho nitro benzene ring substituents is 1. The third-order valence-electron chi connectivity index (χ3n) is 6.19. The van der Waals surface area contributed by atoms with Gasteiger partial charge in [0.2, 0.25) is 0 Å². The molecule has 0 bridgehead atoms. The Hall–Kier alpha value is -3.07. The molecule has 1 N–H and O–H groups in total. The van der Waals surface area contributed by atoms with Crippen LogP contribution in [0.4, 0.5) is 16.2 Å². The molecule has 0 aromatic heterocycles. The van der Waals surface area contributed by atoms with E-state index >= 15 is 0 Å². The summed E-state index contributed by atoms with van der Waals surface area (Å²) < 4.78 is 0. The number of aryl methyl sites for hydroxylation is 1. The molecule has 3 amide bonds. The van der Waals surface area contributed by atoms with E-state index in [1.165, 1.54) is 29.8 Å². The van der Waals surface area contributed by atoms with E-state index in [-0.39, 0.29) is 22.5 Å². The topological polar surface area (TPSA) is 95.8 Å². The average Bonchev–Trinajstić information content (AvgIpc) is 3.22. The number of thioether (sulfide) groups is 1. The van der Waals surface area contributed by atoms with Crippen molar-refractivity contribution in [3.05, 3.63) is 69.8 Å². The molecule has 32 heavy (non-hydrogen) atoms. The van der Waals surface area contributed by atoms with Crippen molar-refractivity contribution in [2.45, 2.75) is 31.1 Å². The molecule has 0 radical (unpaired) electrons.